The van der Waals surface area contributed by atoms with E-state index >= 15 is 0 Å². The second-order valence-corrected chi connectivity index (χ2v) is 6.91. The standard InChI is InChI=1S/C20H21F3N4O2/c21-20(22,23)29-16-6-4-5-15(13-16)17-14-24-18-7-8-19(25-27(17)18)28-12-11-26-9-2-1-3-10-26/h4-8,13-14H,1-3,9-12H2. The van der Waals surface area contributed by atoms with Crippen LogP contribution in [0.15, 0.2) is 42.6 Å². The highest BCUT2D eigenvalue weighted by atomic mass is 19.4. The lowest BCUT2D eigenvalue weighted by Gasteiger charge is -2.25. The Hall–Kier alpha value is -2.81. The zero-order valence-electron chi connectivity index (χ0n) is 15.7. The number of piperidine rings is 1. The van der Waals surface area contributed by atoms with Crippen molar-refractivity contribution in [1.82, 2.24) is 19.5 Å². The summed E-state index contributed by atoms with van der Waals surface area (Å²) in [6, 6.07) is 9.24. The molecule has 0 atom stereocenters. The summed E-state index contributed by atoms with van der Waals surface area (Å²) >= 11 is 0. The fourth-order valence-corrected chi connectivity index (χ4v) is 3.45. The van der Waals surface area contributed by atoms with Crippen LogP contribution in [-0.4, -0.2) is 52.1 Å². The van der Waals surface area contributed by atoms with Crippen LogP contribution >= 0.6 is 0 Å². The van der Waals surface area contributed by atoms with E-state index in [1.165, 1.54) is 37.5 Å². The van der Waals surface area contributed by atoms with E-state index in [0.29, 0.717) is 29.4 Å². The van der Waals surface area contributed by atoms with Crippen molar-refractivity contribution < 1.29 is 22.6 Å². The largest absolute Gasteiger partial charge is 0.573 e. The van der Waals surface area contributed by atoms with Crippen molar-refractivity contribution in [2.24, 2.45) is 0 Å². The number of aromatic nitrogens is 3. The van der Waals surface area contributed by atoms with Crippen molar-refractivity contribution in [3.05, 3.63) is 42.6 Å². The number of hydrogen-bond donors (Lipinski definition) is 0. The van der Waals surface area contributed by atoms with Gasteiger partial charge < -0.3 is 9.47 Å². The smallest absolute Gasteiger partial charge is 0.475 e. The predicted molar refractivity (Wildman–Crippen MR) is 101 cm³/mol. The van der Waals surface area contributed by atoms with Gasteiger partial charge in [-0.25, -0.2) is 9.50 Å². The van der Waals surface area contributed by atoms with Gasteiger partial charge in [0.1, 0.15) is 12.4 Å². The molecule has 1 saturated heterocycles. The van der Waals surface area contributed by atoms with Gasteiger partial charge in [-0.2, -0.15) is 0 Å². The van der Waals surface area contributed by atoms with Gasteiger partial charge >= 0.3 is 6.36 Å². The summed E-state index contributed by atoms with van der Waals surface area (Å²) in [6.45, 7) is 3.56. The zero-order valence-corrected chi connectivity index (χ0v) is 15.7. The molecule has 1 aliphatic rings. The Labute approximate surface area is 165 Å². The maximum atomic E-state index is 12.5. The van der Waals surface area contributed by atoms with Gasteiger partial charge in [0.2, 0.25) is 5.88 Å². The molecule has 0 spiro atoms. The van der Waals surface area contributed by atoms with Crippen LogP contribution in [0.25, 0.3) is 16.9 Å². The molecule has 1 fully saturated rings. The van der Waals surface area contributed by atoms with E-state index in [9.17, 15) is 13.2 Å². The zero-order chi connectivity index (χ0) is 20.3. The highest BCUT2D eigenvalue weighted by Crippen LogP contribution is 2.28. The fraction of sp³-hybridized carbons (Fsp3) is 0.400. The Morgan fingerprint density at radius 3 is 2.66 bits per heavy atom. The number of hydrogen-bond acceptors (Lipinski definition) is 5. The van der Waals surface area contributed by atoms with Crippen LogP contribution in [0.5, 0.6) is 11.6 Å². The lowest BCUT2D eigenvalue weighted by molar-refractivity contribution is -0.274. The van der Waals surface area contributed by atoms with E-state index in [4.69, 9.17) is 4.74 Å². The van der Waals surface area contributed by atoms with Crippen LogP contribution in [0, 0.1) is 0 Å². The van der Waals surface area contributed by atoms with Crippen molar-refractivity contribution in [2.45, 2.75) is 25.6 Å². The minimum Gasteiger partial charge on any atom is -0.475 e. The monoisotopic (exact) mass is 406 g/mol. The van der Waals surface area contributed by atoms with Crippen LogP contribution in [0.2, 0.25) is 0 Å². The molecular weight excluding hydrogens is 385 g/mol. The van der Waals surface area contributed by atoms with Crippen LogP contribution in [0.4, 0.5) is 13.2 Å². The molecule has 0 aliphatic carbocycles. The molecule has 1 aromatic carbocycles. The maximum absolute atomic E-state index is 12.5. The maximum Gasteiger partial charge on any atom is 0.573 e. The summed E-state index contributed by atoms with van der Waals surface area (Å²) in [5, 5.41) is 4.45. The van der Waals surface area contributed by atoms with Gasteiger partial charge in [-0.3, -0.25) is 4.90 Å². The van der Waals surface area contributed by atoms with E-state index in [1.54, 1.807) is 28.9 Å². The van der Waals surface area contributed by atoms with Gasteiger partial charge in [0, 0.05) is 18.2 Å². The van der Waals surface area contributed by atoms with E-state index < -0.39 is 6.36 Å². The summed E-state index contributed by atoms with van der Waals surface area (Å²) in [5.74, 6) is 0.148. The van der Waals surface area contributed by atoms with E-state index in [1.807, 2.05) is 0 Å². The Morgan fingerprint density at radius 1 is 1.03 bits per heavy atom. The number of benzene rings is 1. The number of fused-ring (bicyclic) bond motifs is 1. The molecule has 0 bridgehead atoms. The topological polar surface area (TPSA) is 51.9 Å². The highest BCUT2D eigenvalue weighted by Gasteiger charge is 2.31. The van der Waals surface area contributed by atoms with Crippen molar-refractivity contribution in [1.29, 1.82) is 0 Å². The minimum atomic E-state index is -4.74. The van der Waals surface area contributed by atoms with Crippen LogP contribution < -0.4 is 9.47 Å². The van der Waals surface area contributed by atoms with Gasteiger partial charge in [-0.05, 0) is 44.1 Å². The first-order chi connectivity index (χ1) is 14.0. The Morgan fingerprint density at radius 2 is 1.86 bits per heavy atom. The molecule has 0 radical (unpaired) electrons. The van der Waals surface area contributed by atoms with Crippen LogP contribution in [0.3, 0.4) is 0 Å². The SMILES string of the molecule is FC(F)(F)Oc1cccc(-c2cnc3ccc(OCCN4CCCCC4)nn23)c1. The number of likely N-dealkylation sites (tertiary alicyclic amines) is 1. The Kier molecular flexibility index (Phi) is 5.57. The summed E-state index contributed by atoms with van der Waals surface area (Å²) in [5.41, 5.74) is 1.64. The van der Waals surface area contributed by atoms with Crippen molar-refractivity contribution in [3.63, 3.8) is 0 Å². The molecule has 0 amide bonds. The normalized spacial score (nSPS) is 15.6. The van der Waals surface area contributed by atoms with Gasteiger partial charge in [0.05, 0.1) is 11.9 Å². The van der Waals surface area contributed by atoms with Gasteiger partial charge in [0.15, 0.2) is 5.65 Å². The third-order valence-corrected chi connectivity index (χ3v) is 4.81. The van der Waals surface area contributed by atoms with Crippen LogP contribution in [-0.2, 0) is 0 Å². The highest BCUT2D eigenvalue weighted by molar-refractivity contribution is 5.64. The molecule has 2 aromatic heterocycles. The predicted octanol–water partition coefficient (Wildman–Crippen LogP) is 4.16. The first-order valence-corrected chi connectivity index (χ1v) is 9.54. The molecule has 3 aromatic rings. The number of alkyl halides is 3. The van der Waals surface area contributed by atoms with Gasteiger partial charge in [-0.1, -0.05) is 18.6 Å². The number of halogens is 3. The molecule has 6 nitrogen and oxygen atoms in total. The molecule has 9 heteroatoms. The van der Waals surface area contributed by atoms with E-state index in [-0.39, 0.29) is 5.75 Å². The van der Waals surface area contributed by atoms with Crippen LogP contribution in [0.1, 0.15) is 19.3 Å². The quantitative estimate of drug-likeness (QED) is 0.615. The average molecular weight is 406 g/mol. The third-order valence-electron chi connectivity index (χ3n) is 4.81. The number of nitrogens with zero attached hydrogens (tertiary/aromatic N) is 4. The minimum absolute atomic E-state index is 0.293. The van der Waals surface area contributed by atoms with Gasteiger partial charge in [-0.15, -0.1) is 18.3 Å². The molecule has 154 valence electrons. The first-order valence-electron chi connectivity index (χ1n) is 9.54. The molecule has 1 aliphatic heterocycles. The third kappa shape index (κ3) is 4.97. The number of ether oxygens (including phenoxy) is 2. The van der Waals surface area contributed by atoms with Crippen molar-refractivity contribution >= 4 is 5.65 Å². The molecule has 0 unspecified atom stereocenters. The lowest BCUT2D eigenvalue weighted by atomic mass is 10.1. The number of rotatable bonds is 6. The molecule has 4 rings (SSSR count). The molecule has 0 N–H and O–H groups in total. The second kappa shape index (κ2) is 8.28. The summed E-state index contributed by atoms with van der Waals surface area (Å²) < 4.78 is 48.9. The first kappa shape index (κ1) is 19.5. The van der Waals surface area contributed by atoms with Crippen molar-refractivity contribution in [2.75, 3.05) is 26.2 Å². The summed E-state index contributed by atoms with van der Waals surface area (Å²) in [4.78, 5) is 6.64. The van der Waals surface area contributed by atoms with E-state index in [0.717, 1.165) is 19.6 Å². The second-order valence-electron chi connectivity index (χ2n) is 6.91. The Balaban J connectivity index is 1.50. The Bertz CT molecular complexity index is 968. The summed E-state index contributed by atoms with van der Waals surface area (Å²) in [7, 11) is 0. The average Bonchev–Trinajstić information content (AvgIpc) is 3.11. The van der Waals surface area contributed by atoms with Crippen molar-refractivity contribution in [3.8, 4) is 22.9 Å². The number of imidazole rings is 1. The lowest BCUT2D eigenvalue weighted by Crippen LogP contribution is -2.33. The molecule has 0 saturated carbocycles. The van der Waals surface area contributed by atoms with Gasteiger partial charge in [0.25, 0.3) is 0 Å². The fourth-order valence-electron chi connectivity index (χ4n) is 3.45. The van der Waals surface area contributed by atoms with E-state index in [2.05, 4.69) is 19.7 Å². The summed E-state index contributed by atoms with van der Waals surface area (Å²) in [6.07, 6.45) is 0.548. The molecular formula is C20H21F3N4O2. The molecule has 3 heterocycles. The molecule has 29 heavy (non-hydrogen) atoms.